The van der Waals surface area contributed by atoms with Crippen LogP contribution in [-0.2, 0) is 12.0 Å². The number of rotatable bonds is 6. The van der Waals surface area contributed by atoms with Crippen molar-refractivity contribution in [2.24, 2.45) is 0 Å². The van der Waals surface area contributed by atoms with Crippen LogP contribution in [0, 0.1) is 0 Å². The van der Waals surface area contributed by atoms with Gasteiger partial charge < -0.3 is 24.2 Å². The van der Waals surface area contributed by atoms with Crippen LogP contribution >= 0.6 is 0 Å². The van der Waals surface area contributed by atoms with Crippen molar-refractivity contribution in [2.75, 3.05) is 27.9 Å². The highest BCUT2D eigenvalue weighted by Gasteiger charge is 2.46. The molecule has 154 valence electrons. The topological polar surface area (TPSA) is 51.2 Å². The van der Waals surface area contributed by atoms with E-state index in [1.165, 1.54) is 16.8 Å². The molecule has 5 heteroatoms. The molecular formula is C24H29NO4. The Kier molecular flexibility index (Phi) is 5.41. The van der Waals surface area contributed by atoms with Gasteiger partial charge in [0.15, 0.2) is 11.5 Å². The Labute approximate surface area is 172 Å². The summed E-state index contributed by atoms with van der Waals surface area (Å²) in [6.45, 7) is 1.77. The number of ether oxygens (including phenoxy) is 3. The number of hydrogen-bond acceptors (Lipinski definition) is 5. The van der Waals surface area contributed by atoms with Gasteiger partial charge in [0.25, 0.3) is 0 Å². The Morgan fingerprint density at radius 3 is 2.41 bits per heavy atom. The molecule has 0 bridgehead atoms. The molecule has 0 radical (unpaired) electrons. The van der Waals surface area contributed by atoms with Crippen LogP contribution in [0.2, 0.25) is 0 Å². The highest BCUT2D eigenvalue weighted by atomic mass is 16.5. The van der Waals surface area contributed by atoms with Gasteiger partial charge in [0.1, 0.15) is 5.75 Å². The Morgan fingerprint density at radius 2 is 1.72 bits per heavy atom. The number of allylic oxidation sites excluding steroid dienone is 1. The number of hydrogen-bond donors (Lipinski definition) is 1. The smallest absolute Gasteiger partial charge is 0.161 e. The van der Waals surface area contributed by atoms with E-state index in [0.29, 0.717) is 0 Å². The molecule has 2 aromatic carbocycles. The highest BCUT2D eigenvalue weighted by Crippen LogP contribution is 2.51. The molecule has 0 aromatic heterocycles. The van der Waals surface area contributed by atoms with E-state index in [9.17, 15) is 5.11 Å². The molecule has 29 heavy (non-hydrogen) atoms. The van der Waals surface area contributed by atoms with Crippen molar-refractivity contribution in [3.63, 3.8) is 0 Å². The summed E-state index contributed by atoms with van der Waals surface area (Å²) in [6.07, 6.45) is 4.38. The monoisotopic (exact) mass is 395 g/mol. The maximum absolute atomic E-state index is 10.4. The van der Waals surface area contributed by atoms with Crippen LogP contribution in [0.25, 0.3) is 0 Å². The van der Waals surface area contributed by atoms with Gasteiger partial charge in [-0.2, -0.15) is 0 Å². The predicted octanol–water partition coefficient (Wildman–Crippen LogP) is 3.89. The van der Waals surface area contributed by atoms with Crippen LogP contribution < -0.4 is 14.2 Å². The molecule has 2 aliphatic rings. The minimum Gasteiger partial charge on any atom is -0.497 e. The van der Waals surface area contributed by atoms with Crippen LogP contribution in [0.1, 0.15) is 30.4 Å². The first-order valence-electron chi connectivity index (χ1n) is 10.1. The fourth-order valence-electron chi connectivity index (χ4n) is 4.74. The van der Waals surface area contributed by atoms with Gasteiger partial charge in [-0.25, -0.2) is 0 Å². The zero-order valence-electron chi connectivity index (χ0n) is 17.4. The molecule has 5 nitrogen and oxygen atoms in total. The average molecular weight is 395 g/mol. The molecule has 1 fully saturated rings. The van der Waals surface area contributed by atoms with Gasteiger partial charge in [-0.05, 0) is 60.7 Å². The lowest BCUT2D eigenvalue weighted by atomic mass is 9.70. The summed E-state index contributed by atoms with van der Waals surface area (Å²) < 4.78 is 16.3. The quantitative estimate of drug-likeness (QED) is 0.804. The second-order valence-electron chi connectivity index (χ2n) is 7.83. The molecule has 1 aliphatic heterocycles. The van der Waals surface area contributed by atoms with Gasteiger partial charge >= 0.3 is 0 Å². The molecule has 1 saturated heterocycles. The Balaban J connectivity index is 1.67. The molecule has 0 unspecified atom stereocenters. The van der Waals surface area contributed by atoms with Crippen LogP contribution in [0.4, 0.5) is 0 Å². The molecule has 2 aromatic rings. The van der Waals surface area contributed by atoms with Gasteiger partial charge in [-0.15, -0.1) is 0 Å². The molecule has 1 heterocycles. The SMILES string of the molecule is COc1ccc(CN2CC[C@]3(c4ccc(OC)c(OC)c4)CC[C@@H](O)C=C23)cc1. The zero-order chi connectivity index (χ0) is 20.4. The van der Waals surface area contributed by atoms with Crippen molar-refractivity contribution in [3.05, 3.63) is 65.4 Å². The molecule has 0 spiro atoms. The second kappa shape index (κ2) is 7.99. The van der Waals surface area contributed by atoms with Gasteiger partial charge in [-0.3, -0.25) is 0 Å². The van der Waals surface area contributed by atoms with E-state index in [1.54, 1.807) is 21.3 Å². The molecule has 0 amide bonds. The summed E-state index contributed by atoms with van der Waals surface area (Å²) >= 11 is 0. The van der Waals surface area contributed by atoms with Crippen LogP contribution in [0.5, 0.6) is 17.2 Å². The fourth-order valence-corrected chi connectivity index (χ4v) is 4.74. The summed E-state index contributed by atoms with van der Waals surface area (Å²) in [5.74, 6) is 2.35. The second-order valence-corrected chi connectivity index (χ2v) is 7.83. The molecule has 1 N–H and O–H groups in total. The third kappa shape index (κ3) is 3.55. The lowest BCUT2D eigenvalue weighted by Gasteiger charge is -2.38. The third-order valence-electron chi connectivity index (χ3n) is 6.33. The van der Waals surface area contributed by atoms with Gasteiger partial charge in [0.05, 0.1) is 27.4 Å². The number of nitrogens with zero attached hydrogens (tertiary/aromatic N) is 1. The lowest BCUT2D eigenvalue weighted by Crippen LogP contribution is -2.34. The van der Waals surface area contributed by atoms with Crippen molar-refractivity contribution in [3.8, 4) is 17.2 Å². The number of benzene rings is 2. The molecule has 4 rings (SSSR count). The third-order valence-corrected chi connectivity index (χ3v) is 6.33. The Hall–Kier alpha value is -2.66. The summed E-state index contributed by atoms with van der Waals surface area (Å²) in [4.78, 5) is 2.40. The number of fused-ring (bicyclic) bond motifs is 1. The Morgan fingerprint density at radius 1 is 0.966 bits per heavy atom. The van der Waals surface area contributed by atoms with E-state index in [-0.39, 0.29) is 5.41 Å². The number of aliphatic hydroxyl groups excluding tert-OH is 1. The average Bonchev–Trinajstić information content (AvgIpc) is 3.12. The fraction of sp³-hybridized carbons (Fsp3) is 0.417. The minimum absolute atomic E-state index is 0.0920. The van der Waals surface area contributed by atoms with E-state index in [2.05, 4.69) is 35.2 Å². The van der Waals surface area contributed by atoms with E-state index < -0.39 is 6.10 Å². The first-order chi connectivity index (χ1) is 14.1. The van der Waals surface area contributed by atoms with Crippen molar-refractivity contribution >= 4 is 0 Å². The predicted molar refractivity (Wildman–Crippen MR) is 113 cm³/mol. The summed E-state index contributed by atoms with van der Waals surface area (Å²) in [7, 11) is 5.01. The van der Waals surface area contributed by atoms with E-state index >= 15 is 0 Å². The van der Waals surface area contributed by atoms with Crippen LogP contribution in [-0.4, -0.2) is 44.0 Å². The normalized spacial score (nSPS) is 23.4. The largest absolute Gasteiger partial charge is 0.497 e. The van der Waals surface area contributed by atoms with Gasteiger partial charge in [0, 0.05) is 24.2 Å². The van der Waals surface area contributed by atoms with Crippen molar-refractivity contribution in [2.45, 2.75) is 37.3 Å². The lowest BCUT2D eigenvalue weighted by molar-refractivity contribution is 0.179. The summed E-state index contributed by atoms with van der Waals surface area (Å²) in [5.41, 5.74) is 3.59. The molecular weight excluding hydrogens is 366 g/mol. The number of methoxy groups -OCH3 is 3. The first kappa shape index (κ1) is 19.6. The minimum atomic E-state index is -0.394. The van der Waals surface area contributed by atoms with Crippen molar-refractivity contribution in [1.82, 2.24) is 4.90 Å². The van der Waals surface area contributed by atoms with Crippen molar-refractivity contribution < 1.29 is 19.3 Å². The zero-order valence-corrected chi connectivity index (χ0v) is 17.4. The highest BCUT2D eigenvalue weighted by molar-refractivity contribution is 5.49. The van der Waals surface area contributed by atoms with Crippen molar-refractivity contribution in [1.29, 1.82) is 0 Å². The summed E-state index contributed by atoms with van der Waals surface area (Å²) in [6, 6.07) is 14.4. The number of aliphatic hydroxyl groups is 1. The van der Waals surface area contributed by atoms with E-state index in [0.717, 1.165) is 49.6 Å². The van der Waals surface area contributed by atoms with Crippen LogP contribution in [0.3, 0.4) is 0 Å². The first-order valence-corrected chi connectivity index (χ1v) is 10.1. The summed E-state index contributed by atoms with van der Waals surface area (Å²) in [5, 5.41) is 10.4. The Bertz CT molecular complexity index is 892. The molecule has 0 saturated carbocycles. The van der Waals surface area contributed by atoms with E-state index in [4.69, 9.17) is 14.2 Å². The van der Waals surface area contributed by atoms with Gasteiger partial charge in [0.2, 0.25) is 0 Å². The van der Waals surface area contributed by atoms with E-state index in [1.807, 2.05) is 18.2 Å². The standard InChI is InChI=1S/C24H29NO4/c1-27-20-7-4-17(5-8-20)16-25-13-12-24(11-10-19(26)15-23(24)25)18-6-9-21(28-2)22(14-18)29-3/h4-9,14-15,19,26H,10-13,16H2,1-3H3/t19-,24+/m1/s1. The maximum Gasteiger partial charge on any atom is 0.161 e. The van der Waals surface area contributed by atoms with Gasteiger partial charge in [-0.1, -0.05) is 18.2 Å². The number of likely N-dealkylation sites (tertiary alicyclic amines) is 1. The molecule has 1 aliphatic carbocycles. The molecule has 2 atom stereocenters. The maximum atomic E-state index is 10.4. The van der Waals surface area contributed by atoms with Crippen LogP contribution in [0.15, 0.2) is 54.2 Å².